The summed E-state index contributed by atoms with van der Waals surface area (Å²) in [5.41, 5.74) is 2.62. The summed E-state index contributed by atoms with van der Waals surface area (Å²) in [5, 5.41) is 14.0. The van der Waals surface area contributed by atoms with E-state index < -0.39 is 18.1 Å². The van der Waals surface area contributed by atoms with Gasteiger partial charge in [-0.15, -0.1) is 11.3 Å². The molecule has 0 radical (unpaired) electrons. The van der Waals surface area contributed by atoms with Gasteiger partial charge in [0.05, 0.1) is 6.04 Å². The lowest BCUT2D eigenvalue weighted by Crippen LogP contribution is -2.52. The molecule has 0 saturated carbocycles. The van der Waals surface area contributed by atoms with Crippen LogP contribution in [0.1, 0.15) is 45.2 Å². The number of ether oxygens (including phenoxy) is 2. The van der Waals surface area contributed by atoms with Gasteiger partial charge in [0.1, 0.15) is 23.3 Å². The number of alkyl carbamates (subject to hydrolysis) is 1. The van der Waals surface area contributed by atoms with Crippen molar-refractivity contribution in [2.75, 3.05) is 19.6 Å². The highest BCUT2D eigenvalue weighted by atomic mass is 32.1. The highest BCUT2D eigenvalue weighted by molar-refractivity contribution is 7.12. The van der Waals surface area contributed by atoms with E-state index in [0.717, 1.165) is 49.2 Å². The van der Waals surface area contributed by atoms with Crippen molar-refractivity contribution in [3.05, 3.63) is 87.6 Å². The number of fused-ring (bicyclic) bond motifs is 3. The lowest BCUT2D eigenvalue weighted by molar-refractivity contribution is -0.0336. The van der Waals surface area contributed by atoms with E-state index in [0.29, 0.717) is 11.7 Å². The van der Waals surface area contributed by atoms with Crippen LogP contribution in [0.3, 0.4) is 0 Å². The van der Waals surface area contributed by atoms with Gasteiger partial charge in [0.25, 0.3) is 0 Å². The maximum absolute atomic E-state index is 13.0. The first kappa shape index (κ1) is 23.4. The van der Waals surface area contributed by atoms with Crippen LogP contribution in [0.2, 0.25) is 0 Å². The summed E-state index contributed by atoms with van der Waals surface area (Å²) in [6.07, 6.45) is 1.68. The van der Waals surface area contributed by atoms with Crippen molar-refractivity contribution >= 4 is 23.4 Å². The van der Waals surface area contributed by atoms with E-state index in [-0.39, 0.29) is 17.6 Å². The summed E-state index contributed by atoms with van der Waals surface area (Å²) >= 11 is 1.18. The van der Waals surface area contributed by atoms with E-state index in [1.165, 1.54) is 11.3 Å². The Labute approximate surface area is 208 Å². The van der Waals surface area contributed by atoms with Gasteiger partial charge in [0.15, 0.2) is 0 Å². The highest BCUT2D eigenvalue weighted by Crippen LogP contribution is 2.31. The Balaban J connectivity index is 1.29. The minimum atomic E-state index is -0.940. The summed E-state index contributed by atoms with van der Waals surface area (Å²) in [7, 11) is 0. The van der Waals surface area contributed by atoms with Gasteiger partial charge in [-0.2, -0.15) is 0 Å². The van der Waals surface area contributed by atoms with Crippen LogP contribution in [-0.2, 0) is 11.3 Å². The number of carboxylic acid groups (broad SMARTS) is 1. The molecule has 6 rings (SSSR count). The molecular weight excluding hydrogens is 464 g/mol. The third kappa shape index (κ3) is 5.66. The minimum Gasteiger partial charge on any atom is -0.489 e. The van der Waals surface area contributed by atoms with E-state index in [4.69, 9.17) is 14.6 Å². The predicted octanol–water partition coefficient (Wildman–Crippen LogP) is 4.94. The molecule has 3 aromatic rings. The molecule has 2 N–H and O–H groups in total. The zero-order valence-electron chi connectivity index (χ0n) is 19.3. The van der Waals surface area contributed by atoms with Gasteiger partial charge in [0, 0.05) is 12.1 Å². The predicted molar refractivity (Wildman–Crippen MR) is 133 cm³/mol. The standard InChI is InChI=1S/C27H28N2O5S/c30-26(31)24-13-18(17-35-24)16-33-22-8-4-7-21(14-22)25(20-5-2-1-3-6-20)28-27(32)34-23-15-29-11-9-19(23)10-12-29/h1-8,13-14,17,19,23,25H,9-12,15-16H2,(H,28,32)(H,30,31)/t23?,25-/m0/s1. The molecule has 3 saturated heterocycles. The third-order valence-corrected chi connectivity index (χ3v) is 7.68. The topological polar surface area (TPSA) is 88.1 Å². The van der Waals surface area contributed by atoms with Gasteiger partial charge in [-0.3, -0.25) is 4.90 Å². The number of carbonyl (C=O) groups is 2. The Kier molecular flexibility index (Phi) is 7.01. The molecule has 1 unspecified atom stereocenters. The number of carboxylic acids is 1. The summed E-state index contributed by atoms with van der Waals surface area (Å²) < 4.78 is 11.8. The number of amides is 1. The maximum atomic E-state index is 13.0. The number of nitrogens with one attached hydrogen (secondary N) is 1. The Bertz CT molecular complexity index is 1170. The van der Waals surface area contributed by atoms with Gasteiger partial charge < -0.3 is 19.9 Å². The zero-order chi connectivity index (χ0) is 24.2. The van der Waals surface area contributed by atoms with Crippen LogP contribution < -0.4 is 10.1 Å². The number of carbonyl (C=O) groups excluding carboxylic acids is 1. The second-order valence-electron chi connectivity index (χ2n) is 9.06. The molecule has 0 spiro atoms. The summed E-state index contributed by atoms with van der Waals surface area (Å²) in [5.74, 6) is 0.139. The SMILES string of the molecule is O=C(N[C@@H](c1ccccc1)c1cccc(OCc2csc(C(=O)O)c2)c1)OC1CN2CCC1CC2. The van der Waals surface area contributed by atoms with Crippen molar-refractivity contribution in [3.8, 4) is 5.75 Å². The van der Waals surface area contributed by atoms with Crippen molar-refractivity contribution in [2.24, 2.45) is 5.92 Å². The molecule has 1 amide bonds. The molecule has 2 aromatic carbocycles. The van der Waals surface area contributed by atoms with Gasteiger partial charge >= 0.3 is 12.1 Å². The minimum absolute atomic E-state index is 0.0649. The Morgan fingerprint density at radius 2 is 1.83 bits per heavy atom. The lowest BCUT2D eigenvalue weighted by Gasteiger charge is -2.43. The second kappa shape index (κ2) is 10.5. The number of hydrogen-bond donors (Lipinski definition) is 2. The first-order valence-corrected chi connectivity index (χ1v) is 12.7. The van der Waals surface area contributed by atoms with Crippen molar-refractivity contribution in [1.82, 2.24) is 10.2 Å². The quantitative estimate of drug-likeness (QED) is 0.463. The third-order valence-electron chi connectivity index (χ3n) is 6.71. The van der Waals surface area contributed by atoms with Crippen LogP contribution in [0.4, 0.5) is 4.79 Å². The van der Waals surface area contributed by atoms with Gasteiger partial charge in [0.2, 0.25) is 0 Å². The normalized spacial score (nSPS) is 21.8. The number of piperidine rings is 3. The molecule has 8 heteroatoms. The Hall–Kier alpha value is -3.36. The van der Waals surface area contributed by atoms with Crippen LogP contribution in [0.15, 0.2) is 66.0 Å². The average Bonchev–Trinajstić information content (AvgIpc) is 3.37. The van der Waals surface area contributed by atoms with Gasteiger partial charge in [-0.25, -0.2) is 9.59 Å². The first-order chi connectivity index (χ1) is 17.0. The molecular formula is C27H28N2O5S. The fourth-order valence-electron chi connectivity index (χ4n) is 4.85. The molecule has 1 aromatic heterocycles. The number of benzene rings is 2. The van der Waals surface area contributed by atoms with Crippen LogP contribution >= 0.6 is 11.3 Å². The molecule has 4 heterocycles. The van der Waals surface area contributed by atoms with E-state index in [1.54, 1.807) is 11.4 Å². The molecule has 35 heavy (non-hydrogen) atoms. The lowest BCUT2D eigenvalue weighted by atomic mass is 9.86. The van der Waals surface area contributed by atoms with Crippen LogP contribution in [0.5, 0.6) is 5.75 Å². The van der Waals surface area contributed by atoms with Crippen molar-refractivity contribution < 1.29 is 24.2 Å². The number of rotatable bonds is 8. The molecule has 3 aliphatic rings. The first-order valence-electron chi connectivity index (χ1n) is 11.8. The monoisotopic (exact) mass is 492 g/mol. The van der Waals surface area contributed by atoms with Crippen LogP contribution in [-0.4, -0.2) is 47.8 Å². The summed E-state index contributed by atoms with van der Waals surface area (Å²) in [6, 6.07) is 18.6. The molecule has 182 valence electrons. The molecule has 2 bridgehead atoms. The highest BCUT2D eigenvalue weighted by Gasteiger charge is 2.36. The number of nitrogens with zero attached hydrogens (tertiary/aromatic N) is 1. The summed E-state index contributed by atoms with van der Waals surface area (Å²) in [4.78, 5) is 26.7. The smallest absolute Gasteiger partial charge is 0.408 e. The summed E-state index contributed by atoms with van der Waals surface area (Å²) in [6.45, 7) is 3.25. The Morgan fingerprint density at radius 3 is 2.51 bits per heavy atom. The average molecular weight is 493 g/mol. The van der Waals surface area contributed by atoms with E-state index in [1.807, 2.05) is 54.6 Å². The largest absolute Gasteiger partial charge is 0.489 e. The van der Waals surface area contributed by atoms with E-state index in [2.05, 4.69) is 10.2 Å². The fourth-order valence-corrected chi connectivity index (χ4v) is 5.59. The Morgan fingerprint density at radius 1 is 1.06 bits per heavy atom. The van der Waals surface area contributed by atoms with Crippen LogP contribution in [0.25, 0.3) is 0 Å². The number of aromatic carboxylic acids is 1. The fraction of sp³-hybridized carbons (Fsp3) is 0.333. The van der Waals surface area contributed by atoms with E-state index >= 15 is 0 Å². The molecule has 7 nitrogen and oxygen atoms in total. The molecule has 3 aliphatic heterocycles. The molecule has 0 aliphatic carbocycles. The van der Waals surface area contributed by atoms with Crippen molar-refractivity contribution in [1.29, 1.82) is 0 Å². The number of thiophene rings is 1. The van der Waals surface area contributed by atoms with Crippen LogP contribution in [0, 0.1) is 5.92 Å². The number of hydrogen-bond acceptors (Lipinski definition) is 6. The maximum Gasteiger partial charge on any atom is 0.408 e. The van der Waals surface area contributed by atoms with Crippen molar-refractivity contribution in [2.45, 2.75) is 31.6 Å². The molecule has 3 fully saturated rings. The van der Waals surface area contributed by atoms with Gasteiger partial charge in [-0.05, 0) is 66.6 Å². The van der Waals surface area contributed by atoms with Gasteiger partial charge in [-0.1, -0.05) is 42.5 Å². The van der Waals surface area contributed by atoms with Crippen molar-refractivity contribution in [3.63, 3.8) is 0 Å². The molecule has 2 atom stereocenters. The zero-order valence-corrected chi connectivity index (χ0v) is 20.1. The van der Waals surface area contributed by atoms with E-state index in [9.17, 15) is 9.59 Å². The second-order valence-corrected chi connectivity index (χ2v) is 9.97.